The van der Waals surface area contributed by atoms with Crippen LogP contribution in [0.1, 0.15) is 21.5 Å². The first-order chi connectivity index (χ1) is 15.7. The van der Waals surface area contributed by atoms with E-state index >= 15 is 0 Å². The van der Waals surface area contributed by atoms with E-state index in [2.05, 4.69) is 20.2 Å². The van der Waals surface area contributed by atoms with Crippen molar-refractivity contribution in [3.63, 3.8) is 0 Å². The standard InChI is InChI=1S/C21H19F3N6O3/c1-13-9-17(27-28-18(13)31)33-16-4-2-3-14(10-16)19(32)29-5-7-30(8-6-29)20-25-11-15(12-26-20)21(22,23)24/h2-4,9-12H,5-8H2,1H3,(H,28,31). The van der Waals surface area contributed by atoms with E-state index in [1.54, 1.807) is 41.0 Å². The molecule has 0 atom stereocenters. The maximum Gasteiger partial charge on any atom is 0.419 e. The molecular formula is C21H19F3N6O3. The predicted molar refractivity (Wildman–Crippen MR) is 111 cm³/mol. The fourth-order valence-electron chi connectivity index (χ4n) is 3.27. The lowest BCUT2D eigenvalue weighted by Crippen LogP contribution is -2.49. The molecule has 3 aromatic rings. The normalized spacial score (nSPS) is 14.3. The molecule has 4 rings (SSSR count). The van der Waals surface area contributed by atoms with Gasteiger partial charge in [-0.2, -0.15) is 13.2 Å². The Bertz CT molecular complexity index is 1200. The van der Waals surface area contributed by atoms with Crippen molar-refractivity contribution in [1.82, 2.24) is 25.1 Å². The highest BCUT2D eigenvalue weighted by Crippen LogP contribution is 2.28. The Labute approximate surface area is 185 Å². The number of nitrogens with zero attached hydrogens (tertiary/aromatic N) is 5. The van der Waals surface area contributed by atoms with Crippen LogP contribution < -0.4 is 15.2 Å². The molecule has 0 aliphatic carbocycles. The van der Waals surface area contributed by atoms with Crippen molar-refractivity contribution in [3.8, 4) is 11.6 Å². The molecule has 33 heavy (non-hydrogen) atoms. The Kier molecular flexibility index (Phi) is 5.99. The van der Waals surface area contributed by atoms with E-state index in [1.165, 1.54) is 6.07 Å². The monoisotopic (exact) mass is 460 g/mol. The number of hydrogen-bond acceptors (Lipinski definition) is 7. The first kappa shape index (κ1) is 22.2. The van der Waals surface area contributed by atoms with Gasteiger partial charge >= 0.3 is 6.18 Å². The molecule has 12 heteroatoms. The van der Waals surface area contributed by atoms with Crippen LogP contribution in [0, 0.1) is 6.92 Å². The van der Waals surface area contributed by atoms with E-state index in [9.17, 15) is 22.8 Å². The van der Waals surface area contributed by atoms with E-state index in [-0.39, 0.29) is 23.3 Å². The number of aromatic amines is 1. The second-order valence-corrected chi connectivity index (χ2v) is 7.40. The molecule has 1 amide bonds. The molecule has 2 aromatic heterocycles. The average molecular weight is 460 g/mol. The predicted octanol–water partition coefficient (Wildman–Crippen LogP) is 2.64. The van der Waals surface area contributed by atoms with Crippen molar-refractivity contribution >= 4 is 11.9 Å². The van der Waals surface area contributed by atoms with Crippen LogP contribution in [0.25, 0.3) is 0 Å². The number of aromatic nitrogens is 4. The molecular weight excluding hydrogens is 441 g/mol. The minimum Gasteiger partial charge on any atom is -0.438 e. The number of benzene rings is 1. The van der Waals surface area contributed by atoms with Crippen molar-refractivity contribution in [3.05, 3.63) is 69.8 Å². The van der Waals surface area contributed by atoms with Gasteiger partial charge in [-0.1, -0.05) is 6.07 Å². The summed E-state index contributed by atoms with van der Waals surface area (Å²) >= 11 is 0. The number of alkyl halides is 3. The molecule has 1 saturated heterocycles. The number of nitrogens with one attached hydrogen (secondary N) is 1. The third kappa shape index (κ3) is 5.10. The first-order valence-corrected chi connectivity index (χ1v) is 9.98. The summed E-state index contributed by atoms with van der Waals surface area (Å²) in [6.07, 6.45) is -2.98. The Balaban J connectivity index is 1.39. The number of rotatable bonds is 4. The van der Waals surface area contributed by atoms with E-state index in [0.29, 0.717) is 43.1 Å². The van der Waals surface area contributed by atoms with Crippen LogP contribution >= 0.6 is 0 Å². The van der Waals surface area contributed by atoms with Crippen LogP contribution in [0.3, 0.4) is 0 Å². The van der Waals surface area contributed by atoms with E-state index in [1.807, 2.05) is 0 Å². The third-order valence-corrected chi connectivity index (χ3v) is 5.08. The van der Waals surface area contributed by atoms with Crippen LogP contribution in [0.2, 0.25) is 0 Å². The van der Waals surface area contributed by atoms with Gasteiger partial charge in [0.25, 0.3) is 11.5 Å². The van der Waals surface area contributed by atoms with Gasteiger partial charge in [0.1, 0.15) is 5.75 Å². The van der Waals surface area contributed by atoms with Gasteiger partial charge in [0, 0.05) is 55.8 Å². The molecule has 1 N–H and O–H groups in total. The smallest absolute Gasteiger partial charge is 0.419 e. The zero-order valence-electron chi connectivity index (χ0n) is 17.5. The summed E-state index contributed by atoms with van der Waals surface area (Å²) in [5.41, 5.74) is -0.364. The highest BCUT2D eigenvalue weighted by Gasteiger charge is 2.32. The summed E-state index contributed by atoms with van der Waals surface area (Å²) < 4.78 is 43.7. The quantitative estimate of drug-likeness (QED) is 0.638. The van der Waals surface area contributed by atoms with Crippen molar-refractivity contribution in [2.75, 3.05) is 31.1 Å². The second kappa shape index (κ2) is 8.88. The number of carbonyl (C=O) groups excluding carboxylic acids is 1. The van der Waals surface area contributed by atoms with Gasteiger partial charge < -0.3 is 14.5 Å². The molecule has 9 nitrogen and oxygen atoms in total. The van der Waals surface area contributed by atoms with E-state index < -0.39 is 11.7 Å². The van der Waals surface area contributed by atoms with Gasteiger partial charge in [0.2, 0.25) is 11.8 Å². The Morgan fingerprint density at radius 1 is 1.09 bits per heavy atom. The molecule has 0 radical (unpaired) electrons. The largest absolute Gasteiger partial charge is 0.438 e. The van der Waals surface area contributed by atoms with Crippen LogP contribution in [0.15, 0.2) is 47.5 Å². The summed E-state index contributed by atoms with van der Waals surface area (Å²) in [6.45, 7) is 3.11. The number of piperazine rings is 1. The molecule has 1 fully saturated rings. The zero-order valence-corrected chi connectivity index (χ0v) is 17.5. The summed E-state index contributed by atoms with van der Waals surface area (Å²) in [6, 6.07) is 8.07. The SMILES string of the molecule is Cc1cc(Oc2cccc(C(=O)N3CCN(c4ncc(C(F)(F)F)cn4)CC3)c2)n[nH]c1=O. The molecule has 1 aromatic carbocycles. The average Bonchev–Trinajstić information content (AvgIpc) is 2.81. The molecule has 0 spiro atoms. The van der Waals surface area contributed by atoms with Gasteiger partial charge in [-0.05, 0) is 25.1 Å². The highest BCUT2D eigenvalue weighted by atomic mass is 19.4. The van der Waals surface area contributed by atoms with Gasteiger partial charge in [0.05, 0.1) is 5.56 Å². The number of carbonyl (C=O) groups is 1. The molecule has 1 aliphatic heterocycles. The minimum absolute atomic E-state index is 0.189. The lowest BCUT2D eigenvalue weighted by molar-refractivity contribution is -0.138. The Morgan fingerprint density at radius 3 is 2.42 bits per heavy atom. The Hall–Kier alpha value is -3.96. The number of aryl methyl sites for hydroxylation is 1. The van der Waals surface area contributed by atoms with Crippen LogP contribution in [0.5, 0.6) is 11.6 Å². The van der Waals surface area contributed by atoms with Crippen molar-refractivity contribution in [1.29, 1.82) is 0 Å². The maximum atomic E-state index is 12.9. The topological polar surface area (TPSA) is 104 Å². The summed E-state index contributed by atoms with van der Waals surface area (Å²) in [4.78, 5) is 35.3. The molecule has 172 valence electrons. The first-order valence-electron chi connectivity index (χ1n) is 9.98. The molecule has 0 bridgehead atoms. The van der Waals surface area contributed by atoms with Crippen LogP contribution in [0.4, 0.5) is 19.1 Å². The van der Waals surface area contributed by atoms with E-state index in [0.717, 1.165) is 12.4 Å². The van der Waals surface area contributed by atoms with Gasteiger partial charge in [-0.25, -0.2) is 15.1 Å². The summed E-state index contributed by atoms with van der Waals surface area (Å²) in [5, 5.41) is 6.15. The third-order valence-electron chi connectivity index (χ3n) is 5.08. The van der Waals surface area contributed by atoms with Crippen molar-refractivity contribution in [2.45, 2.75) is 13.1 Å². The van der Waals surface area contributed by atoms with Gasteiger partial charge in [-0.15, -0.1) is 5.10 Å². The number of hydrogen-bond donors (Lipinski definition) is 1. The molecule has 3 heterocycles. The number of anilines is 1. The number of halogens is 3. The molecule has 0 saturated carbocycles. The number of H-pyrrole nitrogens is 1. The lowest BCUT2D eigenvalue weighted by atomic mass is 10.1. The summed E-state index contributed by atoms with van der Waals surface area (Å²) in [5.74, 6) is 0.562. The molecule has 1 aliphatic rings. The van der Waals surface area contributed by atoms with Crippen molar-refractivity contribution < 1.29 is 22.7 Å². The Morgan fingerprint density at radius 2 is 1.79 bits per heavy atom. The highest BCUT2D eigenvalue weighted by molar-refractivity contribution is 5.94. The number of amides is 1. The van der Waals surface area contributed by atoms with Crippen LogP contribution in [-0.4, -0.2) is 57.2 Å². The summed E-state index contributed by atoms with van der Waals surface area (Å²) in [7, 11) is 0. The lowest BCUT2D eigenvalue weighted by Gasteiger charge is -2.34. The fraction of sp³-hybridized carbons (Fsp3) is 0.286. The van der Waals surface area contributed by atoms with E-state index in [4.69, 9.17) is 4.74 Å². The maximum absolute atomic E-state index is 12.9. The molecule has 0 unspecified atom stereocenters. The fourth-order valence-corrected chi connectivity index (χ4v) is 3.27. The zero-order chi connectivity index (χ0) is 23.6. The van der Waals surface area contributed by atoms with Crippen LogP contribution in [-0.2, 0) is 6.18 Å². The van der Waals surface area contributed by atoms with Gasteiger partial charge in [0.15, 0.2) is 0 Å². The minimum atomic E-state index is -4.49. The number of ether oxygens (including phenoxy) is 1. The van der Waals surface area contributed by atoms with Crippen molar-refractivity contribution in [2.24, 2.45) is 0 Å². The second-order valence-electron chi connectivity index (χ2n) is 7.40. The van der Waals surface area contributed by atoms with Gasteiger partial charge in [-0.3, -0.25) is 9.59 Å².